The van der Waals surface area contributed by atoms with Gasteiger partial charge in [0.2, 0.25) is 5.91 Å². The van der Waals surface area contributed by atoms with Gasteiger partial charge in [-0.3, -0.25) is 14.5 Å². The number of nitrogens with zero attached hydrogens (tertiary/aromatic N) is 2. The van der Waals surface area contributed by atoms with Gasteiger partial charge in [0.15, 0.2) is 0 Å². The van der Waals surface area contributed by atoms with Gasteiger partial charge < -0.3 is 9.64 Å². The van der Waals surface area contributed by atoms with Crippen LogP contribution < -0.4 is 4.74 Å². The van der Waals surface area contributed by atoms with Crippen LogP contribution in [-0.2, 0) is 9.59 Å². The topological polar surface area (TPSA) is 49.9 Å². The summed E-state index contributed by atoms with van der Waals surface area (Å²) in [6, 6.07) is 7.96. The summed E-state index contributed by atoms with van der Waals surface area (Å²) in [4.78, 5) is 29.7. The molecule has 2 amide bonds. The van der Waals surface area contributed by atoms with Crippen LogP contribution in [0, 0.1) is 0 Å². The number of rotatable bonds is 9. The normalized spacial score (nSPS) is 20.9. The molecule has 1 aliphatic carbocycles. The lowest BCUT2D eigenvalue weighted by molar-refractivity contribution is -0.132. The van der Waals surface area contributed by atoms with Crippen LogP contribution in [0.15, 0.2) is 29.2 Å². The number of ether oxygens (including phenoxy) is 1. The van der Waals surface area contributed by atoms with Gasteiger partial charge in [-0.25, -0.2) is 0 Å². The van der Waals surface area contributed by atoms with E-state index in [0.717, 1.165) is 69.3 Å². The van der Waals surface area contributed by atoms with E-state index in [1.54, 1.807) is 4.90 Å². The highest BCUT2D eigenvalue weighted by molar-refractivity contribution is 8.26. The number of piperidine rings is 1. The molecule has 4 rings (SSSR count). The van der Waals surface area contributed by atoms with E-state index >= 15 is 0 Å². The van der Waals surface area contributed by atoms with E-state index in [2.05, 4.69) is 0 Å². The second kappa shape index (κ2) is 12.7. The minimum atomic E-state index is -0.0214. The number of unbranched alkanes of at least 4 members (excludes halogenated alkanes) is 2. The first kappa shape index (κ1) is 25.2. The van der Waals surface area contributed by atoms with Crippen molar-refractivity contribution in [2.24, 2.45) is 0 Å². The van der Waals surface area contributed by atoms with Crippen molar-refractivity contribution in [2.75, 3.05) is 19.6 Å². The Labute approximate surface area is 213 Å². The van der Waals surface area contributed by atoms with Crippen LogP contribution in [-0.4, -0.2) is 51.7 Å². The lowest BCUT2D eigenvalue weighted by Crippen LogP contribution is -2.35. The lowest BCUT2D eigenvalue weighted by atomic mass is 9.97. The summed E-state index contributed by atoms with van der Waals surface area (Å²) >= 11 is 6.89. The molecule has 3 aliphatic rings. The molecule has 0 atom stereocenters. The highest BCUT2D eigenvalue weighted by Crippen LogP contribution is 2.35. The zero-order valence-corrected chi connectivity index (χ0v) is 21.6. The van der Waals surface area contributed by atoms with E-state index < -0.39 is 0 Å². The van der Waals surface area contributed by atoms with Crippen LogP contribution >= 0.6 is 24.0 Å². The molecule has 0 unspecified atom stereocenters. The molecular weight excluding hydrogens is 464 g/mol. The zero-order valence-electron chi connectivity index (χ0n) is 20.0. The van der Waals surface area contributed by atoms with Crippen LogP contribution in [0.5, 0.6) is 5.75 Å². The number of thiocarbonyl (C=S) groups is 1. The fourth-order valence-electron chi connectivity index (χ4n) is 4.93. The Kier molecular flexibility index (Phi) is 9.45. The predicted molar refractivity (Wildman–Crippen MR) is 143 cm³/mol. The summed E-state index contributed by atoms with van der Waals surface area (Å²) < 4.78 is 6.91. The number of likely N-dealkylation sites (tertiary alicyclic amines) is 1. The Bertz CT molecular complexity index is 905. The molecule has 0 radical (unpaired) electrons. The summed E-state index contributed by atoms with van der Waals surface area (Å²) in [6.45, 7) is 2.44. The summed E-state index contributed by atoms with van der Waals surface area (Å²) in [5.74, 6) is 1.10. The standard InChI is InChI=1S/C27H36N2O3S2/c30-25(28-17-9-3-10-18-28)16-6-2-11-19-29-26(31)24(34-27(29)33)20-21-12-7-8-15-23(21)32-22-13-4-1-5-14-22/h7-8,12,15,20,22H,1-6,9-11,13-14,16-19H2/b24-20-. The lowest BCUT2D eigenvalue weighted by Gasteiger charge is -2.26. The van der Waals surface area contributed by atoms with E-state index in [4.69, 9.17) is 17.0 Å². The van der Waals surface area contributed by atoms with Crippen molar-refractivity contribution in [1.29, 1.82) is 0 Å². The third-order valence-electron chi connectivity index (χ3n) is 6.91. The van der Waals surface area contributed by atoms with Crippen LogP contribution in [0.25, 0.3) is 6.08 Å². The van der Waals surface area contributed by atoms with E-state index in [1.807, 2.05) is 35.2 Å². The van der Waals surface area contributed by atoms with Gasteiger partial charge in [-0.1, -0.05) is 55.0 Å². The van der Waals surface area contributed by atoms with Crippen molar-refractivity contribution in [2.45, 2.75) is 83.2 Å². The Hall–Kier alpha value is -1.86. The number of thioether (sulfide) groups is 1. The van der Waals surface area contributed by atoms with Gasteiger partial charge >= 0.3 is 0 Å². The fourth-order valence-corrected chi connectivity index (χ4v) is 6.23. The Balaban J connectivity index is 1.27. The molecular formula is C27H36N2O3S2. The molecule has 0 bridgehead atoms. The minimum absolute atomic E-state index is 0.0214. The van der Waals surface area contributed by atoms with Crippen LogP contribution in [0.1, 0.15) is 82.6 Å². The first-order valence-corrected chi connectivity index (χ1v) is 14.1. The Morgan fingerprint density at radius 1 is 1.03 bits per heavy atom. The summed E-state index contributed by atoms with van der Waals surface area (Å²) in [5, 5.41) is 0. The molecule has 3 fully saturated rings. The number of para-hydroxylation sites is 1. The number of hydrogen-bond donors (Lipinski definition) is 0. The zero-order chi connectivity index (χ0) is 23.8. The van der Waals surface area contributed by atoms with Crippen molar-refractivity contribution in [3.8, 4) is 5.75 Å². The van der Waals surface area contributed by atoms with E-state index in [-0.39, 0.29) is 17.9 Å². The van der Waals surface area contributed by atoms with E-state index in [0.29, 0.717) is 22.2 Å². The molecule has 184 valence electrons. The number of amides is 2. The fraction of sp³-hybridized carbons (Fsp3) is 0.593. The molecule has 2 aliphatic heterocycles. The van der Waals surface area contributed by atoms with Crippen molar-refractivity contribution >= 4 is 46.2 Å². The Morgan fingerprint density at radius 2 is 1.76 bits per heavy atom. The van der Waals surface area contributed by atoms with Crippen molar-refractivity contribution in [3.05, 3.63) is 34.7 Å². The molecule has 0 N–H and O–H groups in total. The quantitative estimate of drug-likeness (QED) is 0.230. The molecule has 1 saturated carbocycles. The molecule has 1 aromatic carbocycles. The maximum absolute atomic E-state index is 13.0. The van der Waals surface area contributed by atoms with Gasteiger partial charge in [0.05, 0.1) is 11.0 Å². The SMILES string of the molecule is O=C(CCCCCN1C(=O)/C(=C/c2ccccc2OC2CCCCC2)SC1=S)N1CCCCC1. The summed E-state index contributed by atoms with van der Waals surface area (Å²) in [7, 11) is 0. The molecule has 0 spiro atoms. The second-order valence-corrected chi connectivity index (χ2v) is 11.2. The first-order chi connectivity index (χ1) is 16.6. The largest absolute Gasteiger partial charge is 0.490 e. The average molecular weight is 501 g/mol. The summed E-state index contributed by atoms with van der Waals surface area (Å²) in [5.41, 5.74) is 0.935. The molecule has 2 heterocycles. The number of carbonyl (C=O) groups is 2. The maximum Gasteiger partial charge on any atom is 0.266 e. The van der Waals surface area contributed by atoms with Gasteiger partial charge in [-0.05, 0) is 69.9 Å². The second-order valence-electron chi connectivity index (χ2n) is 9.50. The van der Waals surface area contributed by atoms with Gasteiger partial charge in [-0.2, -0.15) is 0 Å². The molecule has 34 heavy (non-hydrogen) atoms. The number of carbonyl (C=O) groups excluding carboxylic acids is 2. The van der Waals surface area contributed by atoms with Crippen molar-refractivity contribution in [3.63, 3.8) is 0 Å². The van der Waals surface area contributed by atoms with E-state index in [9.17, 15) is 9.59 Å². The van der Waals surface area contributed by atoms with Crippen molar-refractivity contribution in [1.82, 2.24) is 9.80 Å². The first-order valence-electron chi connectivity index (χ1n) is 12.9. The molecule has 7 heteroatoms. The number of hydrogen-bond acceptors (Lipinski definition) is 5. The van der Waals surface area contributed by atoms with Gasteiger partial charge in [-0.15, -0.1) is 0 Å². The molecule has 5 nitrogen and oxygen atoms in total. The number of benzene rings is 1. The van der Waals surface area contributed by atoms with Crippen LogP contribution in [0.4, 0.5) is 0 Å². The van der Waals surface area contributed by atoms with Crippen LogP contribution in [0.2, 0.25) is 0 Å². The minimum Gasteiger partial charge on any atom is -0.490 e. The van der Waals surface area contributed by atoms with Crippen molar-refractivity contribution < 1.29 is 14.3 Å². The molecule has 0 aromatic heterocycles. The third-order valence-corrected chi connectivity index (χ3v) is 8.28. The summed E-state index contributed by atoms with van der Waals surface area (Å²) in [6.07, 6.45) is 14.9. The van der Waals surface area contributed by atoms with Gasteiger partial charge in [0, 0.05) is 31.6 Å². The van der Waals surface area contributed by atoms with Gasteiger partial charge in [0.1, 0.15) is 10.1 Å². The monoisotopic (exact) mass is 500 g/mol. The van der Waals surface area contributed by atoms with E-state index in [1.165, 1.54) is 37.4 Å². The van der Waals surface area contributed by atoms with Gasteiger partial charge in [0.25, 0.3) is 5.91 Å². The molecule has 2 saturated heterocycles. The highest BCUT2D eigenvalue weighted by atomic mass is 32.2. The smallest absolute Gasteiger partial charge is 0.266 e. The highest BCUT2D eigenvalue weighted by Gasteiger charge is 2.31. The third kappa shape index (κ3) is 6.85. The maximum atomic E-state index is 13.0. The van der Waals surface area contributed by atoms with Crippen LogP contribution in [0.3, 0.4) is 0 Å². The Morgan fingerprint density at radius 3 is 2.56 bits per heavy atom. The molecule has 1 aromatic rings. The predicted octanol–water partition coefficient (Wildman–Crippen LogP) is 6.17. The average Bonchev–Trinajstić information content (AvgIpc) is 3.13.